The summed E-state index contributed by atoms with van der Waals surface area (Å²) in [6.45, 7) is 1.87. The predicted octanol–water partition coefficient (Wildman–Crippen LogP) is 0.610. The van der Waals surface area contributed by atoms with Gasteiger partial charge in [-0.15, -0.1) is 0 Å². The number of rotatable bonds is 4. The molecule has 1 aromatic rings. The highest BCUT2D eigenvalue weighted by molar-refractivity contribution is 5.95. The molecule has 0 aliphatic heterocycles. The molecule has 6 heteroatoms. The van der Waals surface area contributed by atoms with Gasteiger partial charge < -0.3 is 15.8 Å². The molecular weight excluding hydrogens is 222 g/mol. The summed E-state index contributed by atoms with van der Waals surface area (Å²) in [5.74, 6) is 0.266. The topological polar surface area (TPSA) is 93.4 Å². The zero-order valence-corrected chi connectivity index (χ0v) is 9.74. The van der Waals surface area contributed by atoms with E-state index in [0.717, 1.165) is 17.0 Å². The summed E-state index contributed by atoms with van der Waals surface area (Å²) in [4.78, 5) is 21.6. The van der Waals surface area contributed by atoms with Crippen LogP contribution in [0.3, 0.4) is 0 Å². The molecule has 4 N–H and O–H groups in total. The molecule has 0 radical (unpaired) electrons. The molecule has 0 spiro atoms. The number of benzene rings is 1. The highest BCUT2D eigenvalue weighted by Gasteiger charge is 2.05. The number of imide groups is 1. The van der Waals surface area contributed by atoms with Gasteiger partial charge >= 0.3 is 6.03 Å². The maximum atomic E-state index is 11.2. The normalized spacial score (nSPS) is 9.53. The van der Waals surface area contributed by atoms with Crippen molar-refractivity contribution in [2.75, 3.05) is 19.0 Å². The van der Waals surface area contributed by atoms with Crippen LogP contribution in [0.15, 0.2) is 18.2 Å². The summed E-state index contributed by atoms with van der Waals surface area (Å²) >= 11 is 0. The van der Waals surface area contributed by atoms with Crippen LogP contribution in [0.2, 0.25) is 0 Å². The lowest BCUT2D eigenvalue weighted by atomic mass is 10.2. The van der Waals surface area contributed by atoms with Gasteiger partial charge in [-0.25, -0.2) is 4.79 Å². The average molecular weight is 237 g/mol. The Kier molecular flexibility index (Phi) is 4.33. The summed E-state index contributed by atoms with van der Waals surface area (Å²) in [5.41, 5.74) is 6.55. The Labute approximate surface area is 99.1 Å². The first-order valence-electron chi connectivity index (χ1n) is 5.00. The van der Waals surface area contributed by atoms with E-state index in [1.165, 1.54) is 0 Å². The Hall–Kier alpha value is -2.24. The lowest BCUT2D eigenvalue weighted by Crippen LogP contribution is -2.38. The SMILES string of the molecule is COc1ccc(NCC(=O)NC(N)=O)c(C)c1. The minimum absolute atomic E-state index is 0.0177. The number of primary amides is 1. The summed E-state index contributed by atoms with van der Waals surface area (Å²) in [6.07, 6.45) is 0. The van der Waals surface area contributed by atoms with Crippen LogP contribution in [0.4, 0.5) is 10.5 Å². The third-order valence-corrected chi connectivity index (χ3v) is 2.14. The molecule has 0 bridgehead atoms. The van der Waals surface area contributed by atoms with Crippen LogP contribution in [0.1, 0.15) is 5.56 Å². The van der Waals surface area contributed by atoms with E-state index < -0.39 is 11.9 Å². The molecule has 92 valence electrons. The summed E-state index contributed by atoms with van der Waals surface area (Å²) in [7, 11) is 1.59. The molecule has 0 aliphatic rings. The van der Waals surface area contributed by atoms with Crippen molar-refractivity contribution in [3.63, 3.8) is 0 Å². The fourth-order valence-corrected chi connectivity index (χ4v) is 1.32. The van der Waals surface area contributed by atoms with E-state index in [1.54, 1.807) is 19.2 Å². The van der Waals surface area contributed by atoms with Gasteiger partial charge in [0.15, 0.2) is 0 Å². The molecular formula is C11H15N3O3. The molecule has 0 aromatic heterocycles. The van der Waals surface area contributed by atoms with Crippen molar-refractivity contribution in [3.8, 4) is 5.75 Å². The van der Waals surface area contributed by atoms with Gasteiger partial charge in [-0.05, 0) is 30.7 Å². The highest BCUT2D eigenvalue weighted by Crippen LogP contribution is 2.20. The molecule has 0 unspecified atom stereocenters. The first-order chi connectivity index (χ1) is 8.02. The molecule has 0 heterocycles. The van der Waals surface area contributed by atoms with E-state index in [1.807, 2.05) is 18.3 Å². The van der Waals surface area contributed by atoms with Gasteiger partial charge in [-0.1, -0.05) is 0 Å². The first kappa shape index (κ1) is 12.8. The summed E-state index contributed by atoms with van der Waals surface area (Å²) in [6, 6.07) is 4.56. The maximum absolute atomic E-state index is 11.2. The van der Waals surface area contributed by atoms with Crippen molar-refractivity contribution in [2.24, 2.45) is 5.73 Å². The van der Waals surface area contributed by atoms with Crippen LogP contribution in [-0.4, -0.2) is 25.6 Å². The molecule has 0 atom stereocenters. The number of nitrogens with one attached hydrogen (secondary N) is 2. The van der Waals surface area contributed by atoms with E-state index in [4.69, 9.17) is 10.5 Å². The van der Waals surface area contributed by atoms with Gasteiger partial charge in [0, 0.05) is 5.69 Å². The number of aryl methyl sites for hydroxylation is 1. The van der Waals surface area contributed by atoms with Gasteiger partial charge in [0.05, 0.1) is 13.7 Å². The maximum Gasteiger partial charge on any atom is 0.318 e. The van der Waals surface area contributed by atoms with Crippen LogP contribution < -0.4 is 21.1 Å². The van der Waals surface area contributed by atoms with Gasteiger partial charge in [-0.2, -0.15) is 0 Å². The Morgan fingerprint density at radius 3 is 2.65 bits per heavy atom. The van der Waals surface area contributed by atoms with E-state index in [0.29, 0.717) is 0 Å². The van der Waals surface area contributed by atoms with Gasteiger partial charge in [-0.3, -0.25) is 10.1 Å². The van der Waals surface area contributed by atoms with Crippen molar-refractivity contribution in [3.05, 3.63) is 23.8 Å². The smallest absolute Gasteiger partial charge is 0.318 e. The highest BCUT2D eigenvalue weighted by atomic mass is 16.5. The number of urea groups is 1. The second-order valence-corrected chi connectivity index (χ2v) is 3.45. The molecule has 1 aromatic carbocycles. The number of anilines is 1. The zero-order valence-electron chi connectivity index (χ0n) is 9.74. The quantitative estimate of drug-likeness (QED) is 0.715. The number of carbonyl (C=O) groups excluding carboxylic acids is 2. The van der Waals surface area contributed by atoms with Gasteiger partial charge in [0.1, 0.15) is 5.75 Å². The number of amides is 3. The first-order valence-corrected chi connectivity index (χ1v) is 5.00. The Morgan fingerprint density at radius 1 is 1.41 bits per heavy atom. The van der Waals surface area contributed by atoms with E-state index in [2.05, 4.69) is 5.32 Å². The second-order valence-electron chi connectivity index (χ2n) is 3.45. The number of nitrogens with two attached hydrogens (primary N) is 1. The van der Waals surface area contributed by atoms with E-state index in [-0.39, 0.29) is 6.54 Å². The van der Waals surface area contributed by atoms with Crippen molar-refractivity contribution in [1.29, 1.82) is 0 Å². The number of hydrogen-bond acceptors (Lipinski definition) is 4. The number of hydrogen-bond donors (Lipinski definition) is 3. The molecule has 17 heavy (non-hydrogen) atoms. The van der Waals surface area contributed by atoms with E-state index in [9.17, 15) is 9.59 Å². The van der Waals surface area contributed by atoms with Crippen LogP contribution in [0, 0.1) is 6.92 Å². The molecule has 3 amide bonds. The molecule has 0 saturated heterocycles. The molecule has 1 rings (SSSR count). The molecule has 0 saturated carbocycles. The predicted molar refractivity (Wildman–Crippen MR) is 63.9 cm³/mol. The zero-order chi connectivity index (χ0) is 12.8. The fourth-order valence-electron chi connectivity index (χ4n) is 1.32. The van der Waals surface area contributed by atoms with Crippen LogP contribution in [-0.2, 0) is 4.79 Å². The lowest BCUT2D eigenvalue weighted by molar-refractivity contribution is -0.118. The van der Waals surface area contributed by atoms with Gasteiger partial charge in [0.25, 0.3) is 0 Å². The average Bonchev–Trinajstić information content (AvgIpc) is 2.26. The summed E-state index contributed by atoms with van der Waals surface area (Å²) < 4.78 is 5.06. The lowest BCUT2D eigenvalue weighted by Gasteiger charge is -2.10. The molecule has 0 aliphatic carbocycles. The third-order valence-electron chi connectivity index (χ3n) is 2.14. The van der Waals surface area contributed by atoms with Crippen LogP contribution in [0.5, 0.6) is 5.75 Å². The second kappa shape index (κ2) is 5.74. The Morgan fingerprint density at radius 2 is 2.12 bits per heavy atom. The Bertz CT molecular complexity index is 432. The van der Waals surface area contributed by atoms with Crippen molar-refractivity contribution < 1.29 is 14.3 Å². The monoisotopic (exact) mass is 237 g/mol. The number of ether oxygens (including phenoxy) is 1. The molecule has 0 fully saturated rings. The number of carbonyl (C=O) groups is 2. The summed E-state index contributed by atoms with van der Waals surface area (Å²) in [5, 5.41) is 4.86. The van der Waals surface area contributed by atoms with Crippen molar-refractivity contribution in [2.45, 2.75) is 6.92 Å². The minimum atomic E-state index is -0.858. The number of methoxy groups -OCH3 is 1. The Balaban J connectivity index is 2.57. The third kappa shape index (κ3) is 4.02. The van der Waals surface area contributed by atoms with Gasteiger partial charge in [0.2, 0.25) is 5.91 Å². The fraction of sp³-hybridized carbons (Fsp3) is 0.273. The van der Waals surface area contributed by atoms with Crippen molar-refractivity contribution >= 4 is 17.6 Å². The standard InChI is InChI=1S/C11H15N3O3/c1-7-5-8(17-2)3-4-9(7)13-6-10(15)14-11(12)16/h3-5,13H,6H2,1-2H3,(H3,12,14,15,16). The van der Waals surface area contributed by atoms with Crippen molar-refractivity contribution in [1.82, 2.24) is 5.32 Å². The minimum Gasteiger partial charge on any atom is -0.497 e. The van der Waals surface area contributed by atoms with E-state index >= 15 is 0 Å². The molecule has 6 nitrogen and oxygen atoms in total. The largest absolute Gasteiger partial charge is 0.497 e. The van der Waals surface area contributed by atoms with Crippen LogP contribution >= 0.6 is 0 Å². The van der Waals surface area contributed by atoms with Crippen LogP contribution in [0.25, 0.3) is 0 Å².